The normalized spacial score (nSPS) is 12.2. The molecule has 1 atom stereocenters. The number of carbonyl (C=O) groups excluding carboxylic acids is 1. The minimum Gasteiger partial charge on any atom is -0.481 e. The fourth-order valence-corrected chi connectivity index (χ4v) is 2.03. The van der Waals surface area contributed by atoms with Gasteiger partial charge >= 0.3 is 5.97 Å². The molecular formula is C15H18N2O3. The van der Waals surface area contributed by atoms with Gasteiger partial charge in [0.15, 0.2) is 0 Å². The van der Waals surface area contributed by atoms with Crippen molar-refractivity contribution in [2.75, 3.05) is 6.54 Å². The highest BCUT2D eigenvalue weighted by Crippen LogP contribution is 2.14. The van der Waals surface area contributed by atoms with Crippen molar-refractivity contribution in [1.82, 2.24) is 10.3 Å². The highest BCUT2D eigenvalue weighted by molar-refractivity contribution is 5.97. The van der Waals surface area contributed by atoms with Crippen LogP contribution in [-0.4, -0.2) is 28.5 Å². The molecular weight excluding hydrogens is 256 g/mol. The first kappa shape index (κ1) is 14.1. The Hall–Kier alpha value is -2.30. The number of aliphatic carboxylic acids is 1. The van der Waals surface area contributed by atoms with E-state index in [-0.39, 0.29) is 18.2 Å². The summed E-state index contributed by atoms with van der Waals surface area (Å²) in [6.07, 6.45) is 0.686. The lowest BCUT2D eigenvalue weighted by Gasteiger charge is -2.10. The van der Waals surface area contributed by atoms with Crippen LogP contribution in [0.1, 0.15) is 30.3 Å². The SMILES string of the molecule is CC(CCC(=O)O)CNC(=O)c1cc2ccccc2[nH]1. The Balaban J connectivity index is 1.90. The largest absolute Gasteiger partial charge is 0.481 e. The van der Waals surface area contributed by atoms with E-state index in [9.17, 15) is 9.59 Å². The predicted octanol–water partition coefficient (Wildman–Crippen LogP) is 2.40. The molecule has 106 valence electrons. The lowest BCUT2D eigenvalue weighted by molar-refractivity contribution is -0.137. The second-order valence-electron chi connectivity index (χ2n) is 5.02. The van der Waals surface area contributed by atoms with Crippen molar-refractivity contribution in [3.05, 3.63) is 36.0 Å². The van der Waals surface area contributed by atoms with E-state index in [0.717, 1.165) is 10.9 Å². The summed E-state index contributed by atoms with van der Waals surface area (Å²) in [5, 5.41) is 12.4. The van der Waals surface area contributed by atoms with Crippen LogP contribution in [0.5, 0.6) is 0 Å². The number of amides is 1. The van der Waals surface area contributed by atoms with Gasteiger partial charge in [-0.1, -0.05) is 25.1 Å². The van der Waals surface area contributed by atoms with Gasteiger partial charge in [0, 0.05) is 23.9 Å². The number of carbonyl (C=O) groups is 2. The third-order valence-corrected chi connectivity index (χ3v) is 3.24. The summed E-state index contributed by atoms with van der Waals surface area (Å²) in [7, 11) is 0. The first-order valence-electron chi connectivity index (χ1n) is 6.64. The topological polar surface area (TPSA) is 82.2 Å². The molecule has 0 aliphatic carbocycles. The number of hydrogen-bond acceptors (Lipinski definition) is 2. The first-order chi connectivity index (χ1) is 9.56. The van der Waals surface area contributed by atoms with Crippen LogP contribution in [0.25, 0.3) is 10.9 Å². The highest BCUT2D eigenvalue weighted by Gasteiger charge is 2.11. The minimum absolute atomic E-state index is 0.128. The molecule has 2 rings (SSSR count). The van der Waals surface area contributed by atoms with E-state index >= 15 is 0 Å². The molecule has 2 aromatic rings. The van der Waals surface area contributed by atoms with Crippen molar-refractivity contribution in [2.24, 2.45) is 5.92 Å². The van der Waals surface area contributed by atoms with Crippen molar-refractivity contribution in [1.29, 1.82) is 0 Å². The smallest absolute Gasteiger partial charge is 0.303 e. The molecule has 1 aromatic carbocycles. The Bertz CT molecular complexity index is 585. The van der Waals surface area contributed by atoms with Crippen molar-refractivity contribution < 1.29 is 14.7 Å². The molecule has 1 aromatic heterocycles. The van der Waals surface area contributed by atoms with Gasteiger partial charge in [-0.25, -0.2) is 0 Å². The van der Waals surface area contributed by atoms with Crippen molar-refractivity contribution in [3.8, 4) is 0 Å². The number of benzene rings is 1. The summed E-state index contributed by atoms with van der Waals surface area (Å²) in [6.45, 7) is 2.40. The Morgan fingerprint density at radius 1 is 1.35 bits per heavy atom. The number of carboxylic acid groups (broad SMARTS) is 1. The number of para-hydroxylation sites is 1. The van der Waals surface area contributed by atoms with Crippen LogP contribution in [0.15, 0.2) is 30.3 Å². The van der Waals surface area contributed by atoms with Crippen LogP contribution in [0.2, 0.25) is 0 Å². The summed E-state index contributed by atoms with van der Waals surface area (Å²) < 4.78 is 0. The molecule has 0 aliphatic heterocycles. The molecule has 0 aliphatic rings. The Morgan fingerprint density at radius 2 is 2.10 bits per heavy atom. The third kappa shape index (κ3) is 3.60. The van der Waals surface area contributed by atoms with Gasteiger partial charge in [0.05, 0.1) is 0 Å². The number of hydrogen-bond donors (Lipinski definition) is 3. The maximum atomic E-state index is 12.0. The highest BCUT2D eigenvalue weighted by atomic mass is 16.4. The van der Waals surface area contributed by atoms with Crippen molar-refractivity contribution >= 4 is 22.8 Å². The second-order valence-corrected chi connectivity index (χ2v) is 5.02. The molecule has 0 saturated carbocycles. The Kier molecular flexibility index (Phi) is 4.40. The van der Waals surface area contributed by atoms with E-state index in [1.165, 1.54) is 0 Å². The van der Waals surface area contributed by atoms with Crippen molar-refractivity contribution in [3.63, 3.8) is 0 Å². The van der Waals surface area contributed by atoms with Gasteiger partial charge < -0.3 is 15.4 Å². The molecule has 0 bridgehead atoms. The molecule has 0 saturated heterocycles. The van der Waals surface area contributed by atoms with Crippen LogP contribution >= 0.6 is 0 Å². The molecule has 0 spiro atoms. The average molecular weight is 274 g/mol. The van der Waals surface area contributed by atoms with Gasteiger partial charge in [0.25, 0.3) is 5.91 Å². The van der Waals surface area contributed by atoms with E-state index in [2.05, 4.69) is 10.3 Å². The van der Waals surface area contributed by atoms with E-state index in [1.54, 1.807) is 0 Å². The van der Waals surface area contributed by atoms with Crippen LogP contribution < -0.4 is 5.32 Å². The summed E-state index contributed by atoms with van der Waals surface area (Å²) in [4.78, 5) is 25.5. The third-order valence-electron chi connectivity index (χ3n) is 3.24. The molecule has 0 fully saturated rings. The number of aromatic amines is 1. The Labute approximate surface area is 117 Å². The number of fused-ring (bicyclic) bond motifs is 1. The average Bonchev–Trinajstić information content (AvgIpc) is 2.86. The molecule has 5 heteroatoms. The number of rotatable bonds is 6. The Morgan fingerprint density at radius 3 is 2.80 bits per heavy atom. The molecule has 20 heavy (non-hydrogen) atoms. The zero-order chi connectivity index (χ0) is 14.5. The monoisotopic (exact) mass is 274 g/mol. The van der Waals surface area contributed by atoms with Crippen LogP contribution in [0, 0.1) is 5.92 Å². The van der Waals surface area contributed by atoms with Gasteiger partial charge in [0.1, 0.15) is 5.69 Å². The fraction of sp³-hybridized carbons (Fsp3) is 0.333. The zero-order valence-electron chi connectivity index (χ0n) is 11.3. The number of aromatic nitrogens is 1. The van der Waals surface area contributed by atoms with Gasteiger partial charge in [-0.05, 0) is 24.5 Å². The van der Waals surface area contributed by atoms with E-state index in [4.69, 9.17) is 5.11 Å². The maximum Gasteiger partial charge on any atom is 0.303 e. The first-order valence-corrected chi connectivity index (χ1v) is 6.64. The standard InChI is InChI=1S/C15H18N2O3/c1-10(6-7-14(18)19)9-16-15(20)13-8-11-4-2-3-5-12(11)17-13/h2-5,8,10,17H,6-7,9H2,1H3,(H,16,20)(H,18,19). The number of H-pyrrole nitrogens is 1. The molecule has 1 amide bonds. The van der Waals surface area contributed by atoms with Gasteiger partial charge in [-0.2, -0.15) is 0 Å². The zero-order valence-corrected chi connectivity index (χ0v) is 11.3. The lowest BCUT2D eigenvalue weighted by Crippen LogP contribution is -2.28. The molecule has 5 nitrogen and oxygen atoms in total. The van der Waals surface area contributed by atoms with Crippen molar-refractivity contribution in [2.45, 2.75) is 19.8 Å². The van der Waals surface area contributed by atoms with Gasteiger partial charge in [-0.3, -0.25) is 9.59 Å². The predicted molar refractivity (Wildman–Crippen MR) is 76.7 cm³/mol. The van der Waals surface area contributed by atoms with E-state index in [1.807, 2.05) is 37.3 Å². The van der Waals surface area contributed by atoms with Crippen LogP contribution in [0.4, 0.5) is 0 Å². The van der Waals surface area contributed by atoms with Gasteiger partial charge in [-0.15, -0.1) is 0 Å². The van der Waals surface area contributed by atoms with Gasteiger partial charge in [0.2, 0.25) is 0 Å². The summed E-state index contributed by atoms with van der Waals surface area (Å²) in [6, 6.07) is 9.51. The fourth-order valence-electron chi connectivity index (χ4n) is 2.03. The summed E-state index contributed by atoms with van der Waals surface area (Å²) >= 11 is 0. The van der Waals surface area contributed by atoms with Crippen LogP contribution in [-0.2, 0) is 4.79 Å². The molecule has 3 N–H and O–H groups in total. The second kappa shape index (κ2) is 6.23. The summed E-state index contributed by atoms with van der Waals surface area (Å²) in [5.74, 6) is -0.832. The van der Waals surface area contributed by atoms with E-state index < -0.39 is 5.97 Å². The lowest BCUT2D eigenvalue weighted by atomic mass is 10.1. The molecule has 1 heterocycles. The number of nitrogens with one attached hydrogen (secondary N) is 2. The minimum atomic E-state index is -0.807. The summed E-state index contributed by atoms with van der Waals surface area (Å²) in [5.41, 5.74) is 1.45. The number of carboxylic acids is 1. The van der Waals surface area contributed by atoms with E-state index in [0.29, 0.717) is 18.7 Å². The molecule has 1 unspecified atom stereocenters. The van der Waals surface area contributed by atoms with Crippen LogP contribution in [0.3, 0.4) is 0 Å². The maximum absolute atomic E-state index is 12.0. The quantitative estimate of drug-likeness (QED) is 0.756. The molecule has 0 radical (unpaired) electrons.